The van der Waals surface area contributed by atoms with Gasteiger partial charge in [-0.05, 0) is 59.4 Å². The zero-order chi connectivity index (χ0) is 17.1. The summed E-state index contributed by atoms with van der Waals surface area (Å²) in [7, 11) is 0. The van der Waals surface area contributed by atoms with Gasteiger partial charge in [0, 0.05) is 5.41 Å². The molecule has 0 radical (unpaired) electrons. The molecule has 2 aliphatic rings. The van der Waals surface area contributed by atoms with Gasteiger partial charge < -0.3 is 0 Å². The molecule has 0 nitrogen and oxygen atoms in total. The summed E-state index contributed by atoms with van der Waals surface area (Å²) in [6.07, 6.45) is 3.41. The molecule has 0 N–H and O–H groups in total. The molecule has 1 saturated carbocycles. The van der Waals surface area contributed by atoms with Crippen LogP contribution in [0.15, 0.2) is 48.6 Å². The van der Waals surface area contributed by atoms with Gasteiger partial charge in [-0.3, -0.25) is 0 Å². The van der Waals surface area contributed by atoms with Crippen LogP contribution in [0.4, 0.5) is 0 Å². The third-order valence-corrected chi connectivity index (χ3v) is 6.87. The number of hydrogen-bond donors (Lipinski definition) is 0. The predicted octanol–water partition coefficient (Wildman–Crippen LogP) is 7.27. The van der Waals surface area contributed by atoms with Crippen LogP contribution in [0.3, 0.4) is 0 Å². The fourth-order valence-corrected chi connectivity index (χ4v) is 5.55. The molecule has 0 spiro atoms. The molecule has 3 atom stereocenters. The lowest BCUT2D eigenvalue weighted by Crippen LogP contribution is -2.35. The fourth-order valence-electron chi connectivity index (χ4n) is 5.03. The maximum Gasteiger partial charge on any atom is 0.0639 e. The second-order valence-electron chi connectivity index (χ2n) is 7.73. The summed E-state index contributed by atoms with van der Waals surface area (Å²) in [5.41, 5.74) is 6.40. The highest BCUT2D eigenvalue weighted by atomic mass is 35.5. The lowest BCUT2D eigenvalue weighted by Gasteiger charge is -2.42. The van der Waals surface area contributed by atoms with E-state index in [2.05, 4.69) is 50.8 Å². The Bertz CT molecular complexity index is 836. The summed E-state index contributed by atoms with van der Waals surface area (Å²) in [6, 6.07) is 12.8. The van der Waals surface area contributed by atoms with Gasteiger partial charge >= 0.3 is 0 Å². The Morgan fingerprint density at radius 3 is 2.54 bits per heavy atom. The third kappa shape index (κ3) is 2.20. The number of halogens is 2. The van der Waals surface area contributed by atoms with Crippen molar-refractivity contribution in [1.29, 1.82) is 0 Å². The third-order valence-electron chi connectivity index (χ3n) is 6.07. The van der Waals surface area contributed by atoms with Crippen molar-refractivity contribution in [2.75, 3.05) is 0 Å². The van der Waals surface area contributed by atoms with Gasteiger partial charge in [0.15, 0.2) is 0 Å². The maximum absolute atomic E-state index is 6.75. The van der Waals surface area contributed by atoms with Crippen LogP contribution in [0.5, 0.6) is 0 Å². The molecule has 0 heterocycles. The van der Waals surface area contributed by atoms with Crippen molar-refractivity contribution in [2.24, 2.45) is 11.8 Å². The van der Waals surface area contributed by atoms with Gasteiger partial charge in [0.05, 0.1) is 10.0 Å². The van der Waals surface area contributed by atoms with Crippen LogP contribution in [-0.4, -0.2) is 0 Å². The molecule has 0 amide bonds. The number of rotatable bonds is 1. The van der Waals surface area contributed by atoms with Gasteiger partial charge in [0.1, 0.15) is 0 Å². The summed E-state index contributed by atoms with van der Waals surface area (Å²) in [5, 5.41) is 1.37. The topological polar surface area (TPSA) is 0 Å². The minimum atomic E-state index is -0.106. The van der Waals surface area contributed by atoms with Gasteiger partial charge in [-0.1, -0.05) is 79.5 Å². The van der Waals surface area contributed by atoms with E-state index in [4.69, 9.17) is 23.2 Å². The van der Waals surface area contributed by atoms with Crippen molar-refractivity contribution in [3.63, 3.8) is 0 Å². The van der Waals surface area contributed by atoms with Gasteiger partial charge in [0.25, 0.3) is 0 Å². The Kier molecular flexibility index (Phi) is 3.82. The first-order valence-corrected chi connectivity index (χ1v) is 9.43. The molecule has 0 aliphatic heterocycles. The molecule has 1 fully saturated rings. The fraction of sp³-hybridized carbons (Fsp3) is 0.364. The van der Waals surface area contributed by atoms with Gasteiger partial charge in [-0.2, -0.15) is 0 Å². The molecule has 2 heteroatoms. The van der Waals surface area contributed by atoms with Crippen molar-refractivity contribution in [3.05, 3.63) is 69.7 Å². The van der Waals surface area contributed by atoms with E-state index in [1.54, 1.807) is 0 Å². The zero-order valence-electron chi connectivity index (χ0n) is 14.2. The van der Waals surface area contributed by atoms with Crippen LogP contribution in [0.2, 0.25) is 10.0 Å². The first-order chi connectivity index (χ1) is 11.4. The lowest BCUT2D eigenvalue weighted by atomic mass is 9.62. The van der Waals surface area contributed by atoms with Crippen LogP contribution in [0.25, 0.3) is 11.1 Å². The first-order valence-electron chi connectivity index (χ1n) is 8.68. The molecular weight excluding hydrogens is 335 g/mol. The molecule has 0 saturated heterocycles. The second-order valence-corrected chi connectivity index (χ2v) is 8.51. The van der Waals surface area contributed by atoms with E-state index in [9.17, 15) is 0 Å². The smallest absolute Gasteiger partial charge is 0.0639 e. The van der Waals surface area contributed by atoms with Crippen molar-refractivity contribution in [2.45, 2.75) is 38.5 Å². The van der Waals surface area contributed by atoms with Crippen molar-refractivity contribution in [1.82, 2.24) is 0 Å². The normalized spacial score (nSPS) is 28.6. The predicted molar refractivity (Wildman–Crippen MR) is 104 cm³/mol. The first kappa shape index (κ1) is 16.2. The van der Waals surface area contributed by atoms with Gasteiger partial charge in [0.2, 0.25) is 0 Å². The Labute approximate surface area is 154 Å². The van der Waals surface area contributed by atoms with E-state index in [-0.39, 0.29) is 5.41 Å². The van der Waals surface area contributed by atoms with E-state index in [0.29, 0.717) is 16.9 Å². The summed E-state index contributed by atoms with van der Waals surface area (Å²) in [4.78, 5) is 0. The van der Waals surface area contributed by atoms with E-state index < -0.39 is 0 Å². The van der Waals surface area contributed by atoms with Crippen LogP contribution < -0.4 is 0 Å². The molecule has 3 unspecified atom stereocenters. The molecular formula is C22H22Cl2. The van der Waals surface area contributed by atoms with E-state index in [1.807, 2.05) is 6.07 Å². The molecule has 2 aliphatic carbocycles. The Morgan fingerprint density at radius 2 is 1.79 bits per heavy atom. The summed E-state index contributed by atoms with van der Waals surface area (Å²) in [5.74, 6) is 1.18. The Balaban J connectivity index is 1.98. The minimum absolute atomic E-state index is 0.106. The standard InChI is InChI=1S/C22H22Cl2/c1-13-10-14(2)12-15(11-13)22(3)18-7-5-4-6-16(18)17-8-9-19(23)21(24)20(17)22/h4-9,14-15H,1,10-12H2,2-3H3. The zero-order valence-corrected chi connectivity index (χ0v) is 15.7. The lowest BCUT2D eigenvalue weighted by molar-refractivity contribution is 0.249. The quantitative estimate of drug-likeness (QED) is 0.471. The van der Waals surface area contributed by atoms with Gasteiger partial charge in [-0.15, -0.1) is 0 Å². The highest BCUT2D eigenvalue weighted by molar-refractivity contribution is 6.43. The Morgan fingerprint density at radius 1 is 1.04 bits per heavy atom. The summed E-state index contributed by atoms with van der Waals surface area (Å²) < 4.78 is 0. The molecule has 2 aromatic rings. The Hall–Kier alpha value is -1.24. The number of benzene rings is 2. The molecule has 2 aromatic carbocycles. The van der Waals surface area contributed by atoms with Crippen LogP contribution in [-0.2, 0) is 5.41 Å². The monoisotopic (exact) mass is 356 g/mol. The minimum Gasteiger partial charge on any atom is -0.0998 e. The molecule has 124 valence electrons. The molecule has 0 aromatic heterocycles. The van der Waals surface area contributed by atoms with Crippen molar-refractivity contribution < 1.29 is 0 Å². The highest BCUT2D eigenvalue weighted by Gasteiger charge is 2.47. The van der Waals surface area contributed by atoms with E-state index in [1.165, 1.54) is 34.2 Å². The highest BCUT2D eigenvalue weighted by Crippen LogP contribution is 2.59. The average molecular weight is 357 g/mol. The summed E-state index contributed by atoms with van der Waals surface area (Å²) >= 11 is 13.2. The largest absolute Gasteiger partial charge is 0.0998 e. The number of allylic oxidation sites excluding steroid dienone is 1. The average Bonchev–Trinajstić information content (AvgIpc) is 2.81. The van der Waals surface area contributed by atoms with Crippen LogP contribution in [0, 0.1) is 11.8 Å². The van der Waals surface area contributed by atoms with Crippen molar-refractivity contribution >= 4 is 23.2 Å². The molecule has 24 heavy (non-hydrogen) atoms. The van der Waals surface area contributed by atoms with Crippen molar-refractivity contribution in [3.8, 4) is 11.1 Å². The second kappa shape index (κ2) is 5.64. The molecule has 0 bridgehead atoms. The molecule has 4 rings (SSSR count). The summed E-state index contributed by atoms with van der Waals surface area (Å²) in [6.45, 7) is 9.00. The van der Waals surface area contributed by atoms with E-state index in [0.717, 1.165) is 17.9 Å². The SMILES string of the molecule is C=C1CC(C)CC(C2(C)c3ccccc3-c3ccc(Cl)c(Cl)c32)C1. The number of fused-ring (bicyclic) bond motifs is 3. The van der Waals surface area contributed by atoms with Crippen LogP contribution >= 0.6 is 23.2 Å². The van der Waals surface area contributed by atoms with E-state index >= 15 is 0 Å². The number of hydrogen-bond acceptors (Lipinski definition) is 0. The maximum atomic E-state index is 6.75. The van der Waals surface area contributed by atoms with Gasteiger partial charge in [-0.25, -0.2) is 0 Å². The van der Waals surface area contributed by atoms with Crippen LogP contribution in [0.1, 0.15) is 44.2 Å².